The smallest absolute Gasteiger partial charge is 0.213 e. The average molecular weight is 493 g/mol. The predicted molar refractivity (Wildman–Crippen MR) is 141 cm³/mol. The van der Waals surface area contributed by atoms with Crippen molar-refractivity contribution < 1.29 is 19.0 Å². The van der Waals surface area contributed by atoms with E-state index in [2.05, 4.69) is 61.0 Å². The number of aliphatic hydroxyl groups excluding tert-OH is 1. The van der Waals surface area contributed by atoms with E-state index in [1.54, 1.807) is 13.0 Å². The fourth-order valence-corrected chi connectivity index (χ4v) is 4.96. The first-order valence-electron chi connectivity index (χ1n) is 12.8. The van der Waals surface area contributed by atoms with E-state index in [1.165, 1.54) is 18.9 Å². The van der Waals surface area contributed by atoms with E-state index >= 15 is 0 Å². The molecule has 2 aromatic carbocycles. The van der Waals surface area contributed by atoms with Crippen LogP contribution in [0.25, 0.3) is 11.1 Å². The van der Waals surface area contributed by atoms with Gasteiger partial charge in [0.05, 0.1) is 19.4 Å². The highest BCUT2D eigenvalue weighted by Gasteiger charge is 2.25. The van der Waals surface area contributed by atoms with Crippen molar-refractivity contribution in [2.24, 2.45) is 0 Å². The van der Waals surface area contributed by atoms with Crippen molar-refractivity contribution in [3.63, 3.8) is 0 Å². The van der Waals surface area contributed by atoms with E-state index in [1.807, 2.05) is 6.07 Å². The fourth-order valence-electron chi connectivity index (χ4n) is 4.96. The molecule has 0 fully saturated rings. The molecular weight excluding hydrogens is 455 g/mol. The van der Waals surface area contributed by atoms with Gasteiger partial charge < -0.3 is 14.6 Å². The number of rotatable bonds is 9. The summed E-state index contributed by atoms with van der Waals surface area (Å²) < 4.78 is 26.6. The largest absolute Gasteiger partial charge is 0.485 e. The molecule has 5 nitrogen and oxygen atoms in total. The monoisotopic (exact) mass is 492 g/mol. The molecule has 192 valence electrons. The van der Waals surface area contributed by atoms with Crippen molar-refractivity contribution in [1.29, 1.82) is 0 Å². The zero-order valence-corrected chi connectivity index (χ0v) is 21.9. The number of hydrogen-bond acceptors (Lipinski definition) is 5. The zero-order valence-electron chi connectivity index (χ0n) is 21.9. The van der Waals surface area contributed by atoms with Crippen LogP contribution in [0.3, 0.4) is 0 Å². The van der Waals surface area contributed by atoms with Crippen LogP contribution in [0.2, 0.25) is 0 Å². The summed E-state index contributed by atoms with van der Waals surface area (Å²) in [6.45, 7) is 10.0. The summed E-state index contributed by atoms with van der Waals surface area (Å²) >= 11 is 0. The van der Waals surface area contributed by atoms with Crippen molar-refractivity contribution in [2.45, 2.75) is 71.8 Å². The second kappa shape index (κ2) is 11.4. The lowest BCUT2D eigenvalue weighted by Gasteiger charge is -2.31. The molecule has 2 unspecified atom stereocenters. The summed E-state index contributed by atoms with van der Waals surface area (Å²) in [4.78, 5) is 6.38. The topological polar surface area (TPSA) is 54.8 Å². The molecule has 1 aliphatic rings. The van der Waals surface area contributed by atoms with Gasteiger partial charge in [-0.3, -0.25) is 4.90 Å². The number of nitrogens with zero attached hydrogens (tertiary/aromatic N) is 2. The maximum Gasteiger partial charge on any atom is 0.213 e. The Kier molecular flexibility index (Phi) is 8.27. The SMILES string of the molecule is CCN(Cc1cc(-c2cc(OC)ncc2F)ccc1C1CCc2ccc(CC(C)O)cc2O1)C(C)C. The molecule has 0 aliphatic carbocycles. The van der Waals surface area contributed by atoms with Crippen LogP contribution in [0.1, 0.15) is 62.5 Å². The van der Waals surface area contributed by atoms with Crippen LogP contribution in [-0.4, -0.2) is 40.8 Å². The number of pyridine rings is 1. The highest BCUT2D eigenvalue weighted by Crippen LogP contribution is 2.38. The third-order valence-electron chi connectivity index (χ3n) is 6.96. The molecule has 6 heteroatoms. The first-order chi connectivity index (χ1) is 17.3. The van der Waals surface area contributed by atoms with Crippen molar-refractivity contribution >= 4 is 0 Å². The molecule has 0 spiro atoms. The van der Waals surface area contributed by atoms with E-state index in [4.69, 9.17) is 9.47 Å². The Morgan fingerprint density at radius 3 is 2.67 bits per heavy atom. The van der Waals surface area contributed by atoms with Gasteiger partial charge in [-0.05, 0) is 86.5 Å². The van der Waals surface area contributed by atoms with E-state index in [0.29, 0.717) is 23.9 Å². The highest BCUT2D eigenvalue weighted by atomic mass is 19.1. The molecule has 2 atom stereocenters. The summed E-state index contributed by atoms with van der Waals surface area (Å²) in [5.41, 5.74) is 5.79. The molecule has 1 aromatic heterocycles. The van der Waals surface area contributed by atoms with E-state index in [0.717, 1.165) is 53.9 Å². The average Bonchev–Trinajstić information content (AvgIpc) is 2.86. The van der Waals surface area contributed by atoms with Crippen LogP contribution in [0.15, 0.2) is 48.7 Å². The van der Waals surface area contributed by atoms with Gasteiger partial charge in [0.1, 0.15) is 17.7 Å². The van der Waals surface area contributed by atoms with Crippen LogP contribution in [0, 0.1) is 5.82 Å². The third kappa shape index (κ3) is 5.88. The Morgan fingerprint density at radius 2 is 1.97 bits per heavy atom. The molecule has 0 radical (unpaired) electrons. The molecule has 1 aliphatic heterocycles. The minimum Gasteiger partial charge on any atom is -0.485 e. The van der Waals surface area contributed by atoms with Gasteiger partial charge in [-0.1, -0.05) is 31.2 Å². The number of fused-ring (bicyclic) bond motifs is 1. The first-order valence-corrected chi connectivity index (χ1v) is 12.8. The molecule has 36 heavy (non-hydrogen) atoms. The van der Waals surface area contributed by atoms with Crippen molar-refractivity contribution in [1.82, 2.24) is 9.88 Å². The van der Waals surface area contributed by atoms with Crippen LogP contribution < -0.4 is 9.47 Å². The molecule has 2 heterocycles. The molecule has 1 N–H and O–H groups in total. The summed E-state index contributed by atoms with van der Waals surface area (Å²) in [6.07, 6.45) is 3.12. The molecule has 0 saturated carbocycles. The first kappa shape index (κ1) is 26.1. The Hall–Kier alpha value is -2.96. The molecule has 0 bridgehead atoms. The van der Waals surface area contributed by atoms with Crippen molar-refractivity contribution in [3.8, 4) is 22.8 Å². The van der Waals surface area contributed by atoms with Crippen LogP contribution in [-0.2, 0) is 19.4 Å². The van der Waals surface area contributed by atoms with Gasteiger partial charge in [-0.25, -0.2) is 9.37 Å². The number of hydrogen-bond donors (Lipinski definition) is 1. The van der Waals surface area contributed by atoms with Gasteiger partial charge in [0.2, 0.25) is 5.88 Å². The molecule has 0 saturated heterocycles. The lowest BCUT2D eigenvalue weighted by Crippen LogP contribution is -2.31. The Bertz CT molecular complexity index is 1190. The Balaban J connectivity index is 1.72. The number of aliphatic hydroxyl groups is 1. The molecular formula is C30H37FN2O3. The van der Waals surface area contributed by atoms with Gasteiger partial charge in [-0.15, -0.1) is 0 Å². The van der Waals surface area contributed by atoms with Crippen molar-refractivity contribution in [3.05, 3.63) is 76.7 Å². The van der Waals surface area contributed by atoms with E-state index in [-0.39, 0.29) is 11.9 Å². The van der Waals surface area contributed by atoms with Gasteiger partial charge in [0, 0.05) is 24.2 Å². The van der Waals surface area contributed by atoms with Crippen LogP contribution in [0.4, 0.5) is 4.39 Å². The number of ether oxygens (including phenoxy) is 2. The summed E-state index contributed by atoms with van der Waals surface area (Å²) in [5.74, 6) is 0.898. The number of methoxy groups -OCH3 is 1. The summed E-state index contributed by atoms with van der Waals surface area (Å²) in [5, 5.41) is 9.82. The second-order valence-electron chi connectivity index (χ2n) is 9.92. The normalized spacial score (nSPS) is 16.1. The highest BCUT2D eigenvalue weighted by molar-refractivity contribution is 5.66. The quantitative estimate of drug-likeness (QED) is 0.390. The third-order valence-corrected chi connectivity index (χ3v) is 6.96. The van der Waals surface area contributed by atoms with E-state index < -0.39 is 6.10 Å². The zero-order chi connectivity index (χ0) is 25.8. The maximum absolute atomic E-state index is 14.8. The second-order valence-corrected chi connectivity index (χ2v) is 9.92. The standard InChI is InChI=1S/C30H37FN2O3/c1-6-33(19(2)3)18-24-15-23(26-16-30(35-5)32-17-27(26)31)9-11-25(24)28-12-10-22-8-7-21(13-20(4)34)14-29(22)36-28/h7-9,11,14-17,19-20,28,34H,6,10,12-13,18H2,1-5H3. The van der Waals surface area contributed by atoms with Gasteiger partial charge in [0.25, 0.3) is 0 Å². The van der Waals surface area contributed by atoms with Gasteiger partial charge >= 0.3 is 0 Å². The molecule has 3 aromatic rings. The fraction of sp³-hybridized carbons (Fsp3) is 0.433. The van der Waals surface area contributed by atoms with Gasteiger partial charge in [-0.2, -0.15) is 0 Å². The Labute approximate surface area is 213 Å². The number of halogens is 1. The number of benzene rings is 2. The molecule has 4 rings (SSSR count). The van der Waals surface area contributed by atoms with Gasteiger partial charge in [0.15, 0.2) is 0 Å². The summed E-state index contributed by atoms with van der Waals surface area (Å²) in [6, 6.07) is 14.4. The minimum absolute atomic E-state index is 0.0916. The van der Waals surface area contributed by atoms with Crippen LogP contribution in [0.5, 0.6) is 11.6 Å². The van der Waals surface area contributed by atoms with Crippen molar-refractivity contribution in [2.75, 3.05) is 13.7 Å². The Morgan fingerprint density at radius 1 is 1.17 bits per heavy atom. The predicted octanol–water partition coefficient (Wildman–Crippen LogP) is 6.12. The van der Waals surface area contributed by atoms with E-state index in [9.17, 15) is 9.50 Å². The van der Waals surface area contributed by atoms with Crippen LogP contribution >= 0.6 is 0 Å². The number of aryl methyl sites for hydroxylation is 1. The lowest BCUT2D eigenvalue weighted by atomic mass is 9.91. The number of aromatic nitrogens is 1. The lowest BCUT2D eigenvalue weighted by molar-refractivity contribution is 0.170. The maximum atomic E-state index is 14.8. The molecule has 0 amide bonds. The summed E-state index contributed by atoms with van der Waals surface area (Å²) in [7, 11) is 1.53. The minimum atomic E-state index is -0.398.